The van der Waals surface area contributed by atoms with Crippen molar-refractivity contribution in [3.05, 3.63) is 35.9 Å². The van der Waals surface area contributed by atoms with Gasteiger partial charge in [-0.2, -0.15) is 0 Å². The Labute approximate surface area is 111 Å². The molecule has 0 saturated heterocycles. The Morgan fingerprint density at radius 3 is 2.67 bits per heavy atom. The van der Waals surface area contributed by atoms with Gasteiger partial charge in [0.15, 0.2) is 0 Å². The van der Waals surface area contributed by atoms with Crippen LogP contribution in [0.5, 0.6) is 0 Å². The van der Waals surface area contributed by atoms with Crippen molar-refractivity contribution < 1.29 is 0 Å². The van der Waals surface area contributed by atoms with E-state index in [1.165, 1.54) is 31.4 Å². The first-order chi connectivity index (χ1) is 8.75. The van der Waals surface area contributed by atoms with Gasteiger partial charge in [0.1, 0.15) is 0 Å². The molecule has 0 amide bonds. The molecule has 2 rings (SSSR count). The van der Waals surface area contributed by atoms with Gasteiger partial charge in [0.05, 0.1) is 0 Å². The zero-order chi connectivity index (χ0) is 12.8. The zero-order valence-corrected chi connectivity index (χ0v) is 11.7. The van der Waals surface area contributed by atoms with Gasteiger partial charge in [-0.05, 0) is 57.8 Å². The molecule has 1 unspecified atom stereocenters. The highest BCUT2D eigenvalue weighted by molar-refractivity contribution is 5.14. The summed E-state index contributed by atoms with van der Waals surface area (Å²) in [5, 5.41) is 3.64. The molecule has 1 aliphatic rings. The van der Waals surface area contributed by atoms with Crippen molar-refractivity contribution in [2.24, 2.45) is 5.92 Å². The van der Waals surface area contributed by atoms with Gasteiger partial charge in [-0.25, -0.2) is 0 Å². The maximum absolute atomic E-state index is 3.64. The molecule has 1 aliphatic carbocycles. The molecular formula is C16H26N2. The molecule has 0 heterocycles. The zero-order valence-electron chi connectivity index (χ0n) is 11.7. The third-order valence-corrected chi connectivity index (χ3v) is 3.81. The third-order valence-electron chi connectivity index (χ3n) is 3.81. The van der Waals surface area contributed by atoms with Crippen molar-refractivity contribution in [1.29, 1.82) is 0 Å². The molecule has 0 bridgehead atoms. The SMILES string of the molecule is CC(NCCCN(C)Cc1ccccc1)C1CC1. The van der Waals surface area contributed by atoms with Gasteiger partial charge < -0.3 is 10.2 Å². The number of benzene rings is 1. The summed E-state index contributed by atoms with van der Waals surface area (Å²) in [4.78, 5) is 2.40. The van der Waals surface area contributed by atoms with Crippen LogP contribution in [0.2, 0.25) is 0 Å². The van der Waals surface area contributed by atoms with Gasteiger partial charge in [-0.3, -0.25) is 0 Å². The van der Waals surface area contributed by atoms with E-state index in [1.54, 1.807) is 0 Å². The molecule has 18 heavy (non-hydrogen) atoms. The van der Waals surface area contributed by atoms with Crippen LogP contribution < -0.4 is 5.32 Å². The minimum absolute atomic E-state index is 0.726. The number of hydrogen-bond donors (Lipinski definition) is 1. The molecule has 1 fully saturated rings. The molecule has 1 aromatic carbocycles. The predicted molar refractivity (Wildman–Crippen MR) is 77.6 cm³/mol. The topological polar surface area (TPSA) is 15.3 Å². The summed E-state index contributed by atoms with van der Waals surface area (Å²) in [5.74, 6) is 0.965. The van der Waals surface area contributed by atoms with E-state index in [0.717, 1.165) is 25.0 Å². The number of nitrogens with zero attached hydrogens (tertiary/aromatic N) is 1. The van der Waals surface area contributed by atoms with E-state index >= 15 is 0 Å². The molecule has 1 atom stereocenters. The predicted octanol–water partition coefficient (Wildman–Crippen LogP) is 2.90. The van der Waals surface area contributed by atoms with Crippen LogP contribution in [0.4, 0.5) is 0 Å². The van der Waals surface area contributed by atoms with Crippen LogP contribution in [-0.2, 0) is 6.54 Å². The fourth-order valence-electron chi connectivity index (χ4n) is 2.42. The Kier molecular flexibility index (Phi) is 5.21. The van der Waals surface area contributed by atoms with Crippen molar-refractivity contribution in [1.82, 2.24) is 10.2 Å². The average Bonchev–Trinajstić information content (AvgIpc) is 3.20. The normalized spacial score (nSPS) is 17.1. The molecule has 0 aliphatic heterocycles. The Hall–Kier alpha value is -0.860. The first-order valence-corrected chi connectivity index (χ1v) is 7.21. The van der Waals surface area contributed by atoms with E-state index < -0.39 is 0 Å². The molecule has 1 saturated carbocycles. The summed E-state index contributed by atoms with van der Waals surface area (Å²) >= 11 is 0. The summed E-state index contributed by atoms with van der Waals surface area (Å²) in [7, 11) is 2.21. The Balaban J connectivity index is 1.55. The lowest BCUT2D eigenvalue weighted by Gasteiger charge is -2.18. The van der Waals surface area contributed by atoms with Crippen molar-refractivity contribution >= 4 is 0 Å². The van der Waals surface area contributed by atoms with Gasteiger partial charge in [-0.15, -0.1) is 0 Å². The summed E-state index contributed by atoms with van der Waals surface area (Å²) in [6.45, 7) is 5.69. The molecule has 1 aromatic rings. The molecule has 0 spiro atoms. The Bertz CT molecular complexity index is 332. The van der Waals surface area contributed by atoms with Gasteiger partial charge >= 0.3 is 0 Å². The second kappa shape index (κ2) is 6.91. The quantitative estimate of drug-likeness (QED) is 0.710. The van der Waals surface area contributed by atoms with Crippen molar-refractivity contribution in [2.45, 2.75) is 38.8 Å². The maximum atomic E-state index is 3.64. The van der Waals surface area contributed by atoms with Crippen LogP contribution in [0.15, 0.2) is 30.3 Å². The fourth-order valence-corrected chi connectivity index (χ4v) is 2.42. The van der Waals surface area contributed by atoms with Gasteiger partial charge in [0, 0.05) is 12.6 Å². The summed E-state index contributed by atoms with van der Waals surface area (Å²) < 4.78 is 0. The first-order valence-electron chi connectivity index (χ1n) is 7.21. The van der Waals surface area contributed by atoms with Crippen molar-refractivity contribution in [3.63, 3.8) is 0 Å². The molecular weight excluding hydrogens is 220 g/mol. The van der Waals surface area contributed by atoms with Crippen LogP contribution in [0.25, 0.3) is 0 Å². The van der Waals surface area contributed by atoms with E-state index in [2.05, 4.69) is 54.5 Å². The lowest BCUT2D eigenvalue weighted by molar-refractivity contribution is 0.315. The van der Waals surface area contributed by atoms with E-state index in [1.807, 2.05) is 0 Å². The fraction of sp³-hybridized carbons (Fsp3) is 0.625. The summed E-state index contributed by atoms with van der Waals surface area (Å²) in [6, 6.07) is 11.4. The highest BCUT2D eigenvalue weighted by Gasteiger charge is 2.27. The second-order valence-corrected chi connectivity index (χ2v) is 5.66. The molecule has 2 heteroatoms. The Morgan fingerprint density at radius 1 is 1.28 bits per heavy atom. The van der Waals surface area contributed by atoms with Gasteiger partial charge in [-0.1, -0.05) is 30.3 Å². The van der Waals surface area contributed by atoms with Crippen molar-refractivity contribution in [3.8, 4) is 0 Å². The smallest absolute Gasteiger partial charge is 0.0230 e. The van der Waals surface area contributed by atoms with E-state index in [0.29, 0.717) is 0 Å². The van der Waals surface area contributed by atoms with E-state index in [4.69, 9.17) is 0 Å². The Morgan fingerprint density at radius 2 is 2.00 bits per heavy atom. The minimum Gasteiger partial charge on any atom is -0.314 e. The monoisotopic (exact) mass is 246 g/mol. The second-order valence-electron chi connectivity index (χ2n) is 5.66. The van der Waals surface area contributed by atoms with Gasteiger partial charge in [0.2, 0.25) is 0 Å². The molecule has 100 valence electrons. The minimum atomic E-state index is 0.726. The number of nitrogens with one attached hydrogen (secondary N) is 1. The molecule has 2 nitrogen and oxygen atoms in total. The standard InChI is InChI=1S/C16H26N2/c1-14(16-9-10-16)17-11-6-12-18(2)13-15-7-4-3-5-8-15/h3-5,7-8,14,16-17H,6,9-13H2,1-2H3. The molecule has 0 radical (unpaired) electrons. The van der Waals surface area contributed by atoms with Gasteiger partial charge in [0.25, 0.3) is 0 Å². The van der Waals surface area contributed by atoms with Crippen LogP contribution in [0.3, 0.4) is 0 Å². The van der Waals surface area contributed by atoms with Crippen LogP contribution >= 0.6 is 0 Å². The molecule has 1 N–H and O–H groups in total. The highest BCUT2D eigenvalue weighted by Crippen LogP contribution is 2.32. The summed E-state index contributed by atoms with van der Waals surface area (Å²) in [6.07, 6.45) is 4.10. The first kappa shape index (κ1) is 13.6. The lowest BCUT2D eigenvalue weighted by Crippen LogP contribution is -2.31. The average molecular weight is 246 g/mol. The van der Waals surface area contributed by atoms with Crippen molar-refractivity contribution in [2.75, 3.05) is 20.1 Å². The largest absolute Gasteiger partial charge is 0.314 e. The third kappa shape index (κ3) is 4.79. The summed E-state index contributed by atoms with van der Waals surface area (Å²) in [5.41, 5.74) is 1.40. The maximum Gasteiger partial charge on any atom is 0.0230 e. The molecule has 0 aromatic heterocycles. The highest BCUT2D eigenvalue weighted by atomic mass is 15.1. The lowest BCUT2D eigenvalue weighted by atomic mass is 10.2. The van der Waals surface area contributed by atoms with Crippen LogP contribution in [0, 0.1) is 5.92 Å². The van der Waals surface area contributed by atoms with E-state index in [9.17, 15) is 0 Å². The van der Waals surface area contributed by atoms with Crippen LogP contribution in [0.1, 0.15) is 31.7 Å². The van der Waals surface area contributed by atoms with E-state index in [-0.39, 0.29) is 0 Å². The number of hydrogen-bond acceptors (Lipinski definition) is 2. The number of rotatable bonds is 8. The van der Waals surface area contributed by atoms with Crippen LogP contribution in [-0.4, -0.2) is 31.1 Å².